The van der Waals surface area contributed by atoms with Crippen LogP contribution in [0.2, 0.25) is 0 Å². The maximum absolute atomic E-state index is 5.04. The van der Waals surface area contributed by atoms with Gasteiger partial charge < -0.3 is 0 Å². The molecule has 1 heterocycles. The summed E-state index contributed by atoms with van der Waals surface area (Å²) in [4.78, 5) is 5.04. The van der Waals surface area contributed by atoms with Crippen LogP contribution < -0.4 is 0 Å². The van der Waals surface area contributed by atoms with Crippen LogP contribution in [-0.2, 0) is 21.7 Å². The van der Waals surface area contributed by atoms with Crippen molar-refractivity contribution in [3.05, 3.63) is 65.0 Å². The van der Waals surface area contributed by atoms with Crippen LogP contribution in [0.4, 0.5) is 0 Å². The highest BCUT2D eigenvalue weighted by molar-refractivity contribution is 5.33. The molecule has 2 rings (SSSR count). The lowest BCUT2D eigenvalue weighted by molar-refractivity contribution is 0.366. The zero-order valence-electron chi connectivity index (χ0n) is 19.9. The summed E-state index contributed by atoms with van der Waals surface area (Å²) in [6, 6.07) is 15.7. The first-order chi connectivity index (χ1) is 12.6. The molecule has 0 spiro atoms. The molecule has 0 N–H and O–H groups in total. The van der Waals surface area contributed by atoms with Crippen LogP contribution in [0.5, 0.6) is 0 Å². The van der Waals surface area contributed by atoms with E-state index in [1.54, 1.807) is 0 Å². The third-order valence-electron chi connectivity index (χ3n) is 6.10. The average molecular weight is 380 g/mol. The lowest BCUT2D eigenvalue weighted by Crippen LogP contribution is -2.26. The molecular formula is C27H41N. The van der Waals surface area contributed by atoms with Crippen molar-refractivity contribution in [2.24, 2.45) is 0 Å². The fourth-order valence-corrected chi connectivity index (χ4v) is 3.53. The smallest absolute Gasteiger partial charge is 0.0463 e. The van der Waals surface area contributed by atoms with Gasteiger partial charge in [-0.1, -0.05) is 99.6 Å². The second-order valence-corrected chi connectivity index (χ2v) is 11.8. The topological polar surface area (TPSA) is 12.9 Å². The molecule has 0 saturated carbocycles. The van der Waals surface area contributed by atoms with Gasteiger partial charge in [-0.15, -0.1) is 0 Å². The first-order valence-corrected chi connectivity index (χ1v) is 10.7. The molecule has 154 valence electrons. The lowest BCUT2D eigenvalue weighted by atomic mass is 9.73. The molecule has 1 nitrogen and oxygen atoms in total. The van der Waals surface area contributed by atoms with E-state index < -0.39 is 0 Å². The van der Waals surface area contributed by atoms with Crippen LogP contribution in [0.1, 0.15) is 105 Å². The van der Waals surface area contributed by atoms with Gasteiger partial charge in [0.1, 0.15) is 0 Å². The summed E-state index contributed by atoms with van der Waals surface area (Å²) in [5.74, 6) is 0. The summed E-state index contributed by atoms with van der Waals surface area (Å²) in [7, 11) is 0. The van der Waals surface area contributed by atoms with Gasteiger partial charge in [-0.05, 0) is 46.9 Å². The van der Waals surface area contributed by atoms with E-state index in [9.17, 15) is 0 Å². The molecule has 2 aromatic rings. The Morgan fingerprint density at radius 3 is 1.64 bits per heavy atom. The molecule has 0 radical (unpaired) electrons. The Bertz CT molecular complexity index is 728. The average Bonchev–Trinajstić information content (AvgIpc) is 2.59. The molecule has 28 heavy (non-hydrogen) atoms. The summed E-state index contributed by atoms with van der Waals surface area (Å²) in [5, 5.41) is 0. The minimum Gasteiger partial charge on any atom is -0.257 e. The molecule has 0 unspecified atom stereocenters. The van der Waals surface area contributed by atoms with Gasteiger partial charge in [0.05, 0.1) is 0 Å². The van der Waals surface area contributed by atoms with E-state index in [1.165, 1.54) is 22.5 Å². The Morgan fingerprint density at radius 2 is 1.07 bits per heavy atom. The van der Waals surface area contributed by atoms with E-state index in [4.69, 9.17) is 4.98 Å². The molecule has 0 aliphatic heterocycles. The standard InChI is InChI=1S/C27H41N/c1-24(2,3)20-13-11-14-21(19-20)26(7,8)17-18-27(9,10)23-16-12-15-22(28-23)25(4,5)6/h11-16,19H,17-18H2,1-10H3. The minimum atomic E-state index is 0.0557. The third kappa shape index (κ3) is 5.46. The van der Waals surface area contributed by atoms with E-state index in [-0.39, 0.29) is 21.7 Å². The zero-order valence-corrected chi connectivity index (χ0v) is 19.9. The van der Waals surface area contributed by atoms with Gasteiger partial charge in [0.2, 0.25) is 0 Å². The summed E-state index contributed by atoms with van der Waals surface area (Å²) in [6.07, 6.45) is 2.25. The van der Waals surface area contributed by atoms with Gasteiger partial charge in [0.15, 0.2) is 0 Å². The fraction of sp³-hybridized carbons (Fsp3) is 0.593. The van der Waals surface area contributed by atoms with E-state index in [2.05, 4.69) is 112 Å². The van der Waals surface area contributed by atoms with Crippen LogP contribution >= 0.6 is 0 Å². The first-order valence-electron chi connectivity index (χ1n) is 10.7. The molecule has 0 saturated heterocycles. The van der Waals surface area contributed by atoms with Gasteiger partial charge in [-0.3, -0.25) is 4.98 Å². The highest BCUT2D eigenvalue weighted by atomic mass is 14.7. The molecule has 0 bridgehead atoms. The van der Waals surface area contributed by atoms with Crippen LogP contribution in [0.25, 0.3) is 0 Å². The molecule has 1 aromatic heterocycles. The van der Waals surface area contributed by atoms with Crippen molar-refractivity contribution in [1.82, 2.24) is 4.98 Å². The van der Waals surface area contributed by atoms with Gasteiger partial charge in [0.25, 0.3) is 0 Å². The van der Waals surface area contributed by atoms with E-state index >= 15 is 0 Å². The largest absolute Gasteiger partial charge is 0.257 e. The maximum atomic E-state index is 5.04. The molecule has 1 aromatic carbocycles. The Hall–Kier alpha value is -1.63. The number of hydrogen-bond acceptors (Lipinski definition) is 1. The van der Waals surface area contributed by atoms with Gasteiger partial charge in [-0.25, -0.2) is 0 Å². The van der Waals surface area contributed by atoms with E-state index in [0.29, 0.717) is 0 Å². The van der Waals surface area contributed by atoms with Crippen molar-refractivity contribution < 1.29 is 0 Å². The number of nitrogens with zero attached hydrogens (tertiary/aromatic N) is 1. The molecule has 0 amide bonds. The summed E-state index contributed by atoms with van der Waals surface area (Å²) in [5.41, 5.74) is 5.69. The molecule has 0 fully saturated rings. The Balaban J connectivity index is 2.22. The van der Waals surface area contributed by atoms with Gasteiger partial charge in [-0.2, -0.15) is 0 Å². The summed E-state index contributed by atoms with van der Waals surface area (Å²) >= 11 is 0. The molecule has 0 aliphatic rings. The predicted molar refractivity (Wildman–Crippen MR) is 123 cm³/mol. The van der Waals surface area contributed by atoms with Crippen molar-refractivity contribution in [2.75, 3.05) is 0 Å². The van der Waals surface area contributed by atoms with Crippen LogP contribution in [0.3, 0.4) is 0 Å². The molecule has 0 atom stereocenters. The Morgan fingerprint density at radius 1 is 0.571 bits per heavy atom. The van der Waals surface area contributed by atoms with Gasteiger partial charge in [0, 0.05) is 22.2 Å². The summed E-state index contributed by atoms with van der Waals surface area (Å²) < 4.78 is 0. The van der Waals surface area contributed by atoms with Crippen LogP contribution in [0.15, 0.2) is 42.5 Å². The van der Waals surface area contributed by atoms with Crippen molar-refractivity contribution >= 4 is 0 Å². The molecule has 1 heteroatoms. The maximum Gasteiger partial charge on any atom is 0.0463 e. The zero-order chi connectivity index (χ0) is 21.4. The van der Waals surface area contributed by atoms with Crippen molar-refractivity contribution in [3.8, 4) is 0 Å². The van der Waals surface area contributed by atoms with E-state index in [0.717, 1.165) is 12.8 Å². The monoisotopic (exact) mass is 379 g/mol. The van der Waals surface area contributed by atoms with Crippen molar-refractivity contribution in [3.63, 3.8) is 0 Å². The predicted octanol–water partition coefficient (Wildman–Crippen LogP) is 7.71. The minimum absolute atomic E-state index is 0.0557. The second kappa shape index (κ2) is 7.65. The number of pyridine rings is 1. The number of aromatic nitrogens is 1. The van der Waals surface area contributed by atoms with Gasteiger partial charge >= 0.3 is 0 Å². The number of rotatable bonds is 5. The van der Waals surface area contributed by atoms with Crippen LogP contribution in [0, 0.1) is 0 Å². The lowest BCUT2D eigenvalue weighted by Gasteiger charge is -2.33. The number of hydrogen-bond donors (Lipinski definition) is 0. The fourth-order valence-electron chi connectivity index (χ4n) is 3.53. The van der Waals surface area contributed by atoms with E-state index in [1.807, 2.05) is 0 Å². The molecule has 0 aliphatic carbocycles. The third-order valence-corrected chi connectivity index (χ3v) is 6.10. The Labute approximate surface area is 174 Å². The normalized spacial score (nSPS) is 13.6. The SMILES string of the molecule is CC(C)(C)c1cccc(C(C)(C)CCC(C)(C)c2cccc(C(C)(C)C)n2)c1. The summed E-state index contributed by atoms with van der Waals surface area (Å²) in [6.45, 7) is 23.0. The highest BCUT2D eigenvalue weighted by Crippen LogP contribution is 2.37. The highest BCUT2D eigenvalue weighted by Gasteiger charge is 2.29. The number of benzene rings is 1. The van der Waals surface area contributed by atoms with Crippen LogP contribution in [-0.4, -0.2) is 4.98 Å². The van der Waals surface area contributed by atoms with Crippen molar-refractivity contribution in [2.45, 2.75) is 104 Å². The molecular weight excluding hydrogens is 338 g/mol. The quantitative estimate of drug-likeness (QED) is 0.518. The van der Waals surface area contributed by atoms with Crippen molar-refractivity contribution in [1.29, 1.82) is 0 Å². The Kier molecular flexibility index (Phi) is 6.19. The first kappa shape index (κ1) is 22.7. The second-order valence-electron chi connectivity index (χ2n) is 11.8.